The standard InChI is InChI=1S/C13H20N2O3S/c1-10(2)8-14-13(16)9-15-19(17,18)12-7-5-4-6-11(12)3/h4-7,10,15H,8-9H2,1-3H3,(H,14,16). The minimum Gasteiger partial charge on any atom is -0.355 e. The maximum absolute atomic E-state index is 12.0. The van der Waals surface area contributed by atoms with E-state index < -0.39 is 10.0 Å². The Morgan fingerprint density at radius 2 is 1.89 bits per heavy atom. The number of carbonyl (C=O) groups excluding carboxylic acids is 1. The zero-order valence-corrected chi connectivity index (χ0v) is 12.3. The van der Waals surface area contributed by atoms with Crippen LogP contribution >= 0.6 is 0 Å². The lowest BCUT2D eigenvalue weighted by molar-refractivity contribution is -0.120. The van der Waals surface area contributed by atoms with E-state index in [1.165, 1.54) is 6.07 Å². The lowest BCUT2D eigenvalue weighted by Crippen LogP contribution is -2.38. The van der Waals surface area contributed by atoms with Crippen molar-refractivity contribution in [1.29, 1.82) is 0 Å². The quantitative estimate of drug-likeness (QED) is 0.819. The molecule has 0 aliphatic heterocycles. The molecule has 1 aromatic carbocycles. The minimum absolute atomic E-state index is 0.201. The zero-order chi connectivity index (χ0) is 14.5. The lowest BCUT2D eigenvalue weighted by Gasteiger charge is -2.10. The Morgan fingerprint density at radius 3 is 2.47 bits per heavy atom. The maximum Gasteiger partial charge on any atom is 0.241 e. The molecule has 6 heteroatoms. The van der Waals surface area contributed by atoms with Gasteiger partial charge in [-0.05, 0) is 24.5 Å². The fraction of sp³-hybridized carbons (Fsp3) is 0.462. The van der Waals surface area contributed by atoms with Crippen molar-refractivity contribution in [3.8, 4) is 0 Å². The molecular formula is C13H20N2O3S. The largest absolute Gasteiger partial charge is 0.355 e. The highest BCUT2D eigenvalue weighted by Crippen LogP contribution is 2.13. The van der Waals surface area contributed by atoms with E-state index in [1.807, 2.05) is 13.8 Å². The monoisotopic (exact) mass is 284 g/mol. The van der Waals surface area contributed by atoms with Gasteiger partial charge < -0.3 is 5.32 Å². The van der Waals surface area contributed by atoms with Gasteiger partial charge in [0.15, 0.2) is 0 Å². The Bertz CT molecular complexity index is 539. The first-order valence-corrected chi connectivity index (χ1v) is 7.63. The van der Waals surface area contributed by atoms with E-state index in [-0.39, 0.29) is 17.3 Å². The van der Waals surface area contributed by atoms with E-state index in [2.05, 4.69) is 10.0 Å². The third kappa shape index (κ3) is 5.00. The van der Waals surface area contributed by atoms with Crippen LogP contribution in [0, 0.1) is 12.8 Å². The number of sulfonamides is 1. The zero-order valence-electron chi connectivity index (χ0n) is 11.4. The molecule has 0 aliphatic rings. The number of amides is 1. The summed E-state index contributed by atoms with van der Waals surface area (Å²) in [7, 11) is -3.64. The number of nitrogens with one attached hydrogen (secondary N) is 2. The number of carbonyl (C=O) groups is 1. The Kier molecular flexibility index (Phi) is 5.50. The summed E-state index contributed by atoms with van der Waals surface area (Å²) in [5, 5.41) is 2.65. The van der Waals surface area contributed by atoms with Crippen LogP contribution in [0.1, 0.15) is 19.4 Å². The Morgan fingerprint density at radius 1 is 1.26 bits per heavy atom. The van der Waals surface area contributed by atoms with Crippen molar-refractivity contribution in [1.82, 2.24) is 10.0 Å². The second-order valence-electron chi connectivity index (χ2n) is 4.79. The van der Waals surface area contributed by atoms with Crippen molar-refractivity contribution < 1.29 is 13.2 Å². The predicted molar refractivity (Wildman–Crippen MR) is 74.2 cm³/mol. The topological polar surface area (TPSA) is 75.3 Å². The van der Waals surface area contributed by atoms with Gasteiger partial charge in [0.2, 0.25) is 15.9 Å². The Hall–Kier alpha value is -1.40. The first-order valence-electron chi connectivity index (χ1n) is 6.15. The van der Waals surface area contributed by atoms with Gasteiger partial charge >= 0.3 is 0 Å². The van der Waals surface area contributed by atoms with Gasteiger partial charge in [0.1, 0.15) is 0 Å². The molecule has 0 fully saturated rings. The van der Waals surface area contributed by atoms with Crippen LogP contribution in [0.4, 0.5) is 0 Å². The van der Waals surface area contributed by atoms with Gasteiger partial charge in [-0.3, -0.25) is 4.79 Å². The van der Waals surface area contributed by atoms with E-state index in [1.54, 1.807) is 25.1 Å². The summed E-state index contributed by atoms with van der Waals surface area (Å²) in [5.41, 5.74) is 0.651. The van der Waals surface area contributed by atoms with Crippen molar-refractivity contribution in [3.05, 3.63) is 29.8 Å². The molecular weight excluding hydrogens is 264 g/mol. The summed E-state index contributed by atoms with van der Waals surface area (Å²) in [4.78, 5) is 11.7. The molecule has 1 amide bonds. The summed E-state index contributed by atoms with van der Waals surface area (Å²) in [6.45, 7) is 5.94. The molecule has 5 nitrogen and oxygen atoms in total. The molecule has 0 saturated carbocycles. The maximum atomic E-state index is 12.0. The van der Waals surface area contributed by atoms with Gasteiger partial charge in [-0.2, -0.15) is 0 Å². The summed E-state index contributed by atoms with van der Waals surface area (Å²) in [6.07, 6.45) is 0. The Balaban J connectivity index is 2.62. The average molecular weight is 284 g/mol. The highest BCUT2D eigenvalue weighted by atomic mass is 32.2. The van der Waals surface area contributed by atoms with Gasteiger partial charge in [0.05, 0.1) is 11.4 Å². The van der Waals surface area contributed by atoms with E-state index in [4.69, 9.17) is 0 Å². The van der Waals surface area contributed by atoms with Gasteiger partial charge in [0.25, 0.3) is 0 Å². The van der Waals surface area contributed by atoms with Crippen LogP contribution in [-0.4, -0.2) is 27.4 Å². The van der Waals surface area contributed by atoms with Gasteiger partial charge in [-0.15, -0.1) is 0 Å². The lowest BCUT2D eigenvalue weighted by atomic mass is 10.2. The van der Waals surface area contributed by atoms with Gasteiger partial charge in [-0.1, -0.05) is 32.0 Å². The predicted octanol–water partition coefficient (Wildman–Crippen LogP) is 1.05. The Labute approximate surface area is 114 Å². The highest BCUT2D eigenvalue weighted by molar-refractivity contribution is 7.89. The van der Waals surface area contributed by atoms with Crippen LogP contribution in [0.15, 0.2) is 29.2 Å². The van der Waals surface area contributed by atoms with Crippen LogP contribution in [-0.2, 0) is 14.8 Å². The molecule has 0 spiro atoms. The first-order chi connectivity index (χ1) is 8.83. The van der Waals surface area contributed by atoms with E-state index in [0.29, 0.717) is 18.0 Å². The van der Waals surface area contributed by atoms with Crippen molar-refractivity contribution in [2.45, 2.75) is 25.7 Å². The summed E-state index contributed by atoms with van der Waals surface area (Å²) in [5.74, 6) is 0.00258. The third-order valence-electron chi connectivity index (χ3n) is 2.51. The van der Waals surface area contributed by atoms with Crippen molar-refractivity contribution in [2.75, 3.05) is 13.1 Å². The summed E-state index contributed by atoms with van der Waals surface area (Å²) < 4.78 is 26.3. The molecule has 2 N–H and O–H groups in total. The van der Waals surface area contributed by atoms with Crippen LogP contribution < -0.4 is 10.0 Å². The molecule has 0 bridgehead atoms. The first kappa shape index (κ1) is 15.7. The van der Waals surface area contributed by atoms with Crippen molar-refractivity contribution >= 4 is 15.9 Å². The number of aryl methyl sites for hydroxylation is 1. The fourth-order valence-electron chi connectivity index (χ4n) is 1.48. The summed E-state index contributed by atoms with van der Waals surface area (Å²) in [6, 6.07) is 6.65. The minimum atomic E-state index is -3.64. The van der Waals surface area contributed by atoms with E-state index in [9.17, 15) is 13.2 Å². The molecule has 19 heavy (non-hydrogen) atoms. The van der Waals surface area contributed by atoms with Gasteiger partial charge in [-0.25, -0.2) is 13.1 Å². The molecule has 1 rings (SSSR count). The average Bonchev–Trinajstić information content (AvgIpc) is 2.34. The molecule has 0 radical (unpaired) electrons. The third-order valence-corrected chi connectivity index (χ3v) is 4.07. The second kappa shape index (κ2) is 6.68. The number of hydrogen-bond donors (Lipinski definition) is 2. The smallest absolute Gasteiger partial charge is 0.241 e. The highest BCUT2D eigenvalue weighted by Gasteiger charge is 2.17. The van der Waals surface area contributed by atoms with E-state index >= 15 is 0 Å². The second-order valence-corrected chi connectivity index (χ2v) is 6.52. The SMILES string of the molecule is Cc1ccccc1S(=O)(=O)NCC(=O)NCC(C)C. The van der Waals surface area contributed by atoms with Gasteiger partial charge in [0, 0.05) is 6.54 Å². The molecule has 0 unspecified atom stereocenters. The van der Waals surface area contributed by atoms with Crippen LogP contribution in [0.5, 0.6) is 0 Å². The van der Waals surface area contributed by atoms with Crippen LogP contribution in [0.25, 0.3) is 0 Å². The number of hydrogen-bond acceptors (Lipinski definition) is 3. The molecule has 0 aromatic heterocycles. The van der Waals surface area contributed by atoms with Crippen LogP contribution in [0.3, 0.4) is 0 Å². The normalized spacial score (nSPS) is 11.6. The molecule has 106 valence electrons. The fourth-order valence-corrected chi connectivity index (χ4v) is 2.70. The molecule has 0 heterocycles. The molecule has 0 saturated heterocycles. The van der Waals surface area contributed by atoms with Crippen LogP contribution in [0.2, 0.25) is 0 Å². The number of benzene rings is 1. The van der Waals surface area contributed by atoms with Crippen molar-refractivity contribution in [2.24, 2.45) is 5.92 Å². The number of rotatable bonds is 6. The van der Waals surface area contributed by atoms with Crippen molar-refractivity contribution in [3.63, 3.8) is 0 Å². The molecule has 0 aliphatic carbocycles. The summed E-state index contributed by atoms with van der Waals surface area (Å²) >= 11 is 0. The molecule has 0 atom stereocenters. The molecule has 1 aromatic rings. The van der Waals surface area contributed by atoms with E-state index in [0.717, 1.165) is 0 Å².